The fourth-order valence-corrected chi connectivity index (χ4v) is 2.76. The molecule has 1 aromatic heterocycles. The molecular formula is C19H19N3OS. The third-order valence-electron chi connectivity index (χ3n) is 3.42. The van der Waals surface area contributed by atoms with Crippen LogP contribution in [-0.4, -0.2) is 11.2 Å². The normalized spacial score (nSPS) is 10.9. The summed E-state index contributed by atoms with van der Waals surface area (Å²) in [5, 5.41) is 7.01. The first-order chi connectivity index (χ1) is 11.7. The fourth-order valence-electron chi connectivity index (χ4n) is 2.13. The zero-order chi connectivity index (χ0) is 16.8. The van der Waals surface area contributed by atoms with Gasteiger partial charge in [0.2, 0.25) is 5.13 Å². The summed E-state index contributed by atoms with van der Waals surface area (Å²) in [4.78, 5) is 4.31. The molecule has 0 aliphatic carbocycles. The zero-order valence-corrected chi connectivity index (χ0v) is 14.5. The van der Waals surface area contributed by atoms with Crippen molar-refractivity contribution in [3.05, 3.63) is 76.3 Å². The van der Waals surface area contributed by atoms with Crippen molar-refractivity contribution in [2.45, 2.75) is 20.5 Å². The number of aromatic nitrogens is 1. The Bertz CT molecular complexity index is 825. The van der Waals surface area contributed by atoms with E-state index < -0.39 is 0 Å². The summed E-state index contributed by atoms with van der Waals surface area (Å²) >= 11 is 1.53. The molecule has 24 heavy (non-hydrogen) atoms. The summed E-state index contributed by atoms with van der Waals surface area (Å²) in [6.07, 6.45) is 1.75. The van der Waals surface area contributed by atoms with E-state index in [2.05, 4.69) is 46.7 Å². The van der Waals surface area contributed by atoms with E-state index in [4.69, 9.17) is 4.74 Å². The number of nitrogens with zero attached hydrogens (tertiary/aromatic N) is 2. The average molecular weight is 337 g/mol. The third-order valence-corrected chi connectivity index (χ3v) is 4.28. The molecule has 4 nitrogen and oxygen atoms in total. The number of aryl methyl sites for hydroxylation is 2. The van der Waals surface area contributed by atoms with Gasteiger partial charge in [-0.3, -0.25) is 5.43 Å². The highest BCUT2D eigenvalue weighted by Gasteiger charge is 2.02. The van der Waals surface area contributed by atoms with Gasteiger partial charge in [0.1, 0.15) is 12.4 Å². The minimum atomic E-state index is 0.532. The lowest BCUT2D eigenvalue weighted by atomic mass is 10.1. The second kappa shape index (κ2) is 7.75. The molecule has 1 N–H and O–H groups in total. The zero-order valence-electron chi connectivity index (χ0n) is 13.7. The summed E-state index contributed by atoms with van der Waals surface area (Å²) < 4.78 is 5.94. The Kier molecular flexibility index (Phi) is 5.23. The van der Waals surface area contributed by atoms with Crippen LogP contribution >= 0.6 is 11.3 Å². The number of anilines is 1. The summed E-state index contributed by atoms with van der Waals surface area (Å²) in [7, 11) is 0. The molecule has 0 saturated heterocycles. The minimum absolute atomic E-state index is 0.532. The molecule has 0 unspecified atom stereocenters. The van der Waals surface area contributed by atoms with Crippen LogP contribution < -0.4 is 10.2 Å². The maximum Gasteiger partial charge on any atom is 0.203 e. The molecular weight excluding hydrogens is 318 g/mol. The molecule has 0 bridgehead atoms. The summed E-state index contributed by atoms with van der Waals surface area (Å²) in [6.45, 7) is 4.57. The van der Waals surface area contributed by atoms with Crippen molar-refractivity contribution in [3.63, 3.8) is 0 Å². The molecule has 1 heterocycles. The van der Waals surface area contributed by atoms with Gasteiger partial charge in [-0.15, -0.1) is 11.3 Å². The van der Waals surface area contributed by atoms with Crippen molar-refractivity contribution in [1.29, 1.82) is 0 Å². The van der Waals surface area contributed by atoms with Crippen LogP contribution in [-0.2, 0) is 6.61 Å². The third kappa shape index (κ3) is 4.43. The number of thiazole rings is 1. The molecule has 5 heteroatoms. The first-order valence-corrected chi connectivity index (χ1v) is 8.57. The lowest BCUT2D eigenvalue weighted by Gasteiger charge is -2.09. The predicted octanol–water partition coefficient (Wildman–Crippen LogP) is 4.78. The van der Waals surface area contributed by atoms with E-state index in [0.29, 0.717) is 6.61 Å². The van der Waals surface area contributed by atoms with Crippen molar-refractivity contribution in [2.75, 3.05) is 5.43 Å². The standard InChI is InChI=1S/C19H19N3OS/c1-14-7-9-16(10-8-14)12-23-18-6-4-3-5-17(18)11-20-22-19-21-15(2)13-24-19/h3-11,13H,12H2,1-2H3,(H,21,22)/b20-11-. The number of hydrazone groups is 1. The van der Waals surface area contributed by atoms with E-state index in [1.165, 1.54) is 16.9 Å². The summed E-state index contributed by atoms with van der Waals surface area (Å²) in [5.41, 5.74) is 7.24. The molecule has 3 aromatic rings. The molecule has 0 fully saturated rings. The highest BCUT2D eigenvalue weighted by Crippen LogP contribution is 2.18. The number of rotatable bonds is 6. The lowest BCUT2D eigenvalue weighted by molar-refractivity contribution is 0.306. The largest absolute Gasteiger partial charge is 0.488 e. The van der Waals surface area contributed by atoms with Crippen molar-refractivity contribution >= 4 is 22.7 Å². The van der Waals surface area contributed by atoms with Crippen LogP contribution in [0.1, 0.15) is 22.4 Å². The molecule has 0 spiro atoms. The van der Waals surface area contributed by atoms with E-state index in [0.717, 1.165) is 27.7 Å². The molecule has 0 atom stereocenters. The van der Waals surface area contributed by atoms with Crippen molar-refractivity contribution < 1.29 is 4.74 Å². The highest BCUT2D eigenvalue weighted by atomic mass is 32.1. The Hall–Kier alpha value is -2.66. The maximum absolute atomic E-state index is 5.94. The smallest absolute Gasteiger partial charge is 0.203 e. The van der Waals surface area contributed by atoms with Gasteiger partial charge in [-0.25, -0.2) is 4.98 Å². The van der Waals surface area contributed by atoms with Gasteiger partial charge >= 0.3 is 0 Å². The number of hydrogen-bond donors (Lipinski definition) is 1. The average Bonchev–Trinajstić information content (AvgIpc) is 3.01. The molecule has 0 radical (unpaired) electrons. The van der Waals surface area contributed by atoms with E-state index >= 15 is 0 Å². The van der Waals surface area contributed by atoms with E-state index in [-0.39, 0.29) is 0 Å². The molecule has 0 saturated carbocycles. The van der Waals surface area contributed by atoms with Gasteiger partial charge in [0.05, 0.1) is 11.9 Å². The first-order valence-electron chi connectivity index (χ1n) is 7.69. The molecule has 0 amide bonds. The molecule has 0 aliphatic heterocycles. The predicted molar refractivity (Wildman–Crippen MR) is 100 cm³/mol. The fraction of sp³-hybridized carbons (Fsp3) is 0.158. The van der Waals surface area contributed by atoms with Crippen LogP contribution in [0.4, 0.5) is 5.13 Å². The van der Waals surface area contributed by atoms with E-state index in [9.17, 15) is 0 Å². The van der Waals surface area contributed by atoms with Gasteiger partial charge in [0.15, 0.2) is 0 Å². The Morgan fingerprint density at radius 1 is 1.12 bits per heavy atom. The van der Waals surface area contributed by atoms with Crippen LogP contribution in [0.15, 0.2) is 59.0 Å². The van der Waals surface area contributed by atoms with Gasteiger partial charge in [0, 0.05) is 10.9 Å². The minimum Gasteiger partial charge on any atom is -0.488 e. The summed E-state index contributed by atoms with van der Waals surface area (Å²) in [6, 6.07) is 16.2. The topological polar surface area (TPSA) is 46.5 Å². The van der Waals surface area contributed by atoms with Gasteiger partial charge in [-0.1, -0.05) is 42.0 Å². The number of ether oxygens (including phenoxy) is 1. The Morgan fingerprint density at radius 2 is 1.92 bits per heavy atom. The Morgan fingerprint density at radius 3 is 2.67 bits per heavy atom. The molecule has 2 aromatic carbocycles. The van der Waals surface area contributed by atoms with Crippen LogP contribution in [0, 0.1) is 13.8 Å². The number of hydrogen-bond acceptors (Lipinski definition) is 5. The number of nitrogens with one attached hydrogen (secondary N) is 1. The highest BCUT2D eigenvalue weighted by molar-refractivity contribution is 7.13. The molecule has 3 rings (SSSR count). The summed E-state index contributed by atoms with van der Waals surface area (Å²) in [5.74, 6) is 0.805. The van der Waals surface area contributed by atoms with E-state index in [1.54, 1.807) is 6.21 Å². The number of benzene rings is 2. The van der Waals surface area contributed by atoms with Crippen molar-refractivity contribution in [3.8, 4) is 5.75 Å². The van der Waals surface area contributed by atoms with Crippen LogP contribution in [0.3, 0.4) is 0 Å². The second-order valence-corrected chi connectivity index (χ2v) is 6.33. The Labute approximate surface area is 145 Å². The quantitative estimate of drug-likeness (QED) is 0.520. The van der Waals surface area contributed by atoms with Crippen molar-refractivity contribution in [2.24, 2.45) is 5.10 Å². The van der Waals surface area contributed by atoms with Crippen LogP contribution in [0.25, 0.3) is 0 Å². The lowest BCUT2D eigenvalue weighted by Crippen LogP contribution is -1.99. The van der Waals surface area contributed by atoms with Crippen LogP contribution in [0.5, 0.6) is 5.75 Å². The monoisotopic (exact) mass is 337 g/mol. The van der Waals surface area contributed by atoms with Gasteiger partial charge in [-0.2, -0.15) is 5.10 Å². The molecule has 0 aliphatic rings. The second-order valence-electron chi connectivity index (χ2n) is 5.48. The van der Waals surface area contributed by atoms with Crippen LogP contribution in [0.2, 0.25) is 0 Å². The van der Waals surface area contributed by atoms with Crippen molar-refractivity contribution in [1.82, 2.24) is 4.98 Å². The van der Waals surface area contributed by atoms with Gasteiger partial charge in [0.25, 0.3) is 0 Å². The van der Waals surface area contributed by atoms with Gasteiger partial charge in [-0.05, 0) is 31.5 Å². The molecule has 122 valence electrons. The first kappa shape index (κ1) is 16.2. The SMILES string of the molecule is Cc1ccc(COc2ccccc2/C=N\Nc2nc(C)cs2)cc1. The Balaban J connectivity index is 1.65. The van der Waals surface area contributed by atoms with E-state index in [1.807, 2.05) is 36.6 Å². The van der Waals surface area contributed by atoms with Gasteiger partial charge < -0.3 is 4.74 Å². The maximum atomic E-state index is 5.94. The number of para-hydroxylation sites is 1.